The molecule has 0 saturated carbocycles. The van der Waals surface area contributed by atoms with Crippen LogP contribution in [0.3, 0.4) is 0 Å². The summed E-state index contributed by atoms with van der Waals surface area (Å²) in [7, 11) is -3.62. The van der Waals surface area contributed by atoms with Crippen molar-refractivity contribution in [3.63, 3.8) is 0 Å². The lowest BCUT2D eigenvalue weighted by atomic mass is 10.2. The van der Waals surface area contributed by atoms with Crippen molar-refractivity contribution in [1.82, 2.24) is 10.0 Å². The van der Waals surface area contributed by atoms with Crippen molar-refractivity contribution in [1.29, 1.82) is 0 Å². The topological polar surface area (TPSA) is 84.5 Å². The van der Waals surface area contributed by atoms with Gasteiger partial charge >= 0.3 is 0 Å². The van der Waals surface area contributed by atoms with E-state index >= 15 is 0 Å². The van der Waals surface area contributed by atoms with Gasteiger partial charge in [0.15, 0.2) is 0 Å². The van der Waals surface area contributed by atoms with Gasteiger partial charge < -0.3 is 10.1 Å². The molecule has 0 spiro atoms. The summed E-state index contributed by atoms with van der Waals surface area (Å²) < 4.78 is 32.5. The number of sulfonamides is 1. The third kappa shape index (κ3) is 6.23. The number of carbonyl (C=O) groups is 1. The fourth-order valence-electron chi connectivity index (χ4n) is 2.29. The minimum absolute atomic E-state index is 0.0584. The van der Waals surface area contributed by atoms with Crippen molar-refractivity contribution in [2.24, 2.45) is 0 Å². The predicted molar refractivity (Wildman–Crippen MR) is 106 cm³/mol. The molecule has 6 nitrogen and oxygen atoms in total. The molecule has 0 radical (unpaired) electrons. The zero-order chi connectivity index (χ0) is 20.0. The lowest BCUT2D eigenvalue weighted by Gasteiger charge is -2.14. The summed E-state index contributed by atoms with van der Waals surface area (Å²) in [5.41, 5.74) is 1.28. The molecule has 0 fully saturated rings. The summed E-state index contributed by atoms with van der Waals surface area (Å²) in [6, 6.07) is 11.3. The lowest BCUT2D eigenvalue weighted by molar-refractivity contribution is 0.0948. The third-order valence-electron chi connectivity index (χ3n) is 3.58. The number of aryl methyl sites for hydroxylation is 1. The number of carbonyl (C=O) groups excluding carboxylic acids is 1. The zero-order valence-electron chi connectivity index (χ0n) is 15.5. The molecule has 8 heteroatoms. The second-order valence-electron chi connectivity index (χ2n) is 6.27. The van der Waals surface area contributed by atoms with E-state index in [4.69, 9.17) is 16.3 Å². The van der Waals surface area contributed by atoms with Crippen LogP contribution in [0.1, 0.15) is 29.8 Å². The van der Waals surface area contributed by atoms with Crippen LogP contribution in [0, 0.1) is 6.92 Å². The fourth-order valence-corrected chi connectivity index (χ4v) is 3.50. The van der Waals surface area contributed by atoms with Gasteiger partial charge in [0.05, 0.1) is 16.6 Å². The Bertz CT molecular complexity index is 896. The summed E-state index contributed by atoms with van der Waals surface area (Å²) in [5, 5.41) is 3.08. The maximum absolute atomic E-state index is 12.4. The molecule has 2 aromatic rings. The molecule has 0 aliphatic heterocycles. The second kappa shape index (κ2) is 9.21. The van der Waals surface area contributed by atoms with E-state index in [1.807, 2.05) is 20.8 Å². The van der Waals surface area contributed by atoms with Gasteiger partial charge in [0.1, 0.15) is 5.75 Å². The number of hydrogen-bond donors (Lipinski definition) is 2. The van der Waals surface area contributed by atoms with Crippen LogP contribution in [0.25, 0.3) is 0 Å². The molecule has 1 amide bonds. The van der Waals surface area contributed by atoms with Gasteiger partial charge in [-0.15, -0.1) is 0 Å². The summed E-state index contributed by atoms with van der Waals surface area (Å²) in [6.07, 6.45) is -0.0981. The second-order valence-corrected chi connectivity index (χ2v) is 8.48. The highest BCUT2D eigenvalue weighted by Gasteiger charge is 2.16. The molecule has 2 aromatic carbocycles. The van der Waals surface area contributed by atoms with Crippen LogP contribution >= 0.6 is 11.6 Å². The Morgan fingerprint density at radius 1 is 1.11 bits per heavy atom. The Hall–Kier alpha value is -2.09. The van der Waals surface area contributed by atoms with Gasteiger partial charge in [0, 0.05) is 18.1 Å². The highest BCUT2D eigenvalue weighted by Crippen LogP contribution is 2.23. The molecule has 0 aliphatic carbocycles. The van der Waals surface area contributed by atoms with Gasteiger partial charge in [0.2, 0.25) is 10.0 Å². The molecule has 0 bridgehead atoms. The first-order valence-electron chi connectivity index (χ1n) is 8.50. The van der Waals surface area contributed by atoms with Crippen molar-refractivity contribution in [2.45, 2.75) is 31.8 Å². The predicted octanol–water partition coefficient (Wildman–Crippen LogP) is 3.14. The molecule has 2 rings (SSSR count). The number of halogens is 1. The van der Waals surface area contributed by atoms with Gasteiger partial charge in [-0.25, -0.2) is 13.1 Å². The van der Waals surface area contributed by atoms with E-state index in [1.165, 1.54) is 18.2 Å². The van der Waals surface area contributed by atoms with E-state index in [2.05, 4.69) is 10.0 Å². The summed E-state index contributed by atoms with van der Waals surface area (Å²) in [5.74, 6) is 0.0369. The average molecular weight is 411 g/mol. The summed E-state index contributed by atoms with van der Waals surface area (Å²) >= 11 is 5.97. The zero-order valence-corrected chi connectivity index (χ0v) is 17.0. The van der Waals surface area contributed by atoms with Crippen LogP contribution in [0.15, 0.2) is 47.4 Å². The maximum Gasteiger partial charge on any atom is 0.255 e. The summed E-state index contributed by atoms with van der Waals surface area (Å²) in [4.78, 5) is 12.6. The van der Waals surface area contributed by atoms with Crippen LogP contribution in [0.5, 0.6) is 5.75 Å². The Balaban J connectivity index is 1.94. The normalized spacial score (nSPS) is 11.4. The van der Waals surface area contributed by atoms with E-state index in [9.17, 15) is 13.2 Å². The number of benzene rings is 2. The third-order valence-corrected chi connectivity index (χ3v) is 5.29. The minimum Gasteiger partial charge on any atom is -0.490 e. The molecule has 0 saturated heterocycles. The van der Waals surface area contributed by atoms with Crippen molar-refractivity contribution in [3.05, 3.63) is 58.6 Å². The van der Waals surface area contributed by atoms with E-state index < -0.39 is 10.0 Å². The maximum atomic E-state index is 12.4. The highest BCUT2D eigenvalue weighted by atomic mass is 35.5. The molecule has 146 valence electrons. The van der Waals surface area contributed by atoms with Crippen LogP contribution < -0.4 is 14.8 Å². The Kier molecular flexibility index (Phi) is 7.24. The number of amides is 1. The van der Waals surface area contributed by atoms with Crippen molar-refractivity contribution in [3.8, 4) is 5.75 Å². The Morgan fingerprint density at radius 3 is 2.41 bits per heavy atom. The van der Waals surface area contributed by atoms with Crippen molar-refractivity contribution >= 4 is 27.5 Å². The summed E-state index contributed by atoms with van der Waals surface area (Å²) in [6.45, 7) is 5.78. The van der Waals surface area contributed by atoms with Crippen LogP contribution in [-0.4, -0.2) is 33.5 Å². The monoisotopic (exact) mass is 410 g/mol. The quantitative estimate of drug-likeness (QED) is 0.655. The lowest BCUT2D eigenvalue weighted by Crippen LogP contribution is -2.35. The van der Waals surface area contributed by atoms with Crippen molar-refractivity contribution < 1.29 is 17.9 Å². The largest absolute Gasteiger partial charge is 0.490 e. The number of hydrogen-bond acceptors (Lipinski definition) is 4. The smallest absolute Gasteiger partial charge is 0.255 e. The molecular formula is C19H23ClN2O4S. The number of ether oxygens (including phenoxy) is 1. The van der Waals surface area contributed by atoms with E-state index in [1.54, 1.807) is 24.3 Å². The molecule has 0 heterocycles. The molecule has 0 aliphatic rings. The van der Waals surface area contributed by atoms with Crippen LogP contribution in [0.2, 0.25) is 5.02 Å². The minimum atomic E-state index is -3.62. The van der Waals surface area contributed by atoms with Crippen LogP contribution in [-0.2, 0) is 10.0 Å². The number of nitrogens with one attached hydrogen (secondary N) is 2. The molecule has 0 unspecified atom stereocenters. The first-order valence-corrected chi connectivity index (χ1v) is 10.4. The van der Waals surface area contributed by atoms with Crippen LogP contribution in [0.4, 0.5) is 0 Å². The molecular weight excluding hydrogens is 388 g/mol. The van der Waals surface area contributed by atoms with Crippen molar-refractivity contribution in [2.75, 3.05) is 13.1 Å². The van der Waals surface area contributed by atoms with Gasteiger partial charge in [-0.2, -0.15) is 0 Å². The Morgan fingerprint density at radius 2 is 1.78 bits per heavy atom. The molecule has 2 N–H and O–H groups in total. The first-order chi connectivity index (χ1) is 12.7. The van der Waals surface area contributed by atoms with Gasteiger partial charge in [-0.3, -0.25) is 4.79 Å². The highest BCUT2D eigenvalue weighted by molar-refractivity contribution is 7.89. The van der Waals surface area contributed by atoms with Gasteiger partial charge in [-0.1, -0.05) is 29.3 Å². The molecule has 0 aromatic heterocycles. The van der Waals surface area contributed by atoms with E-state index in [0.29, 0.717) is 16.3 Å². The number of rotatable bonds is 8. The average Bonchev–Trinajstić information content (AvgIpc) is 2.60. The Labute approximate surface area is 164 Å². The molecule has 0 atom stereocenters. The fraction of sp³-hybridized carbons (Fsp3) is 0.316. The van der Waals surface area contributed by atoms with E-state index in [-0.39, 0.29) is 30.0 Å². The SMILES string of the molecule is Cc1ccc(S(=O)(=O)NCCNC(=O)c2cc(Cl)ccc2OC(C)C)cc1. The molecule has 27 heavy (non-hydrogen) atoms. The van der Waals surface area contributed by atoms with E-state index in [0.717, 1.165) is 5.56 Å². The standard InChI is InChI=1S/C19H23ClN2O4S/c1-13(2)26-18-9-6-15(20)12-17(18)19(23)21-10-11-22-27(24,25)16-7-4-14(3)5-8-16/h4-9,12-13,22H,10-11H2,1-3H3,(H,21,23). The first kappa shape index (κ1) is 21.2. The van der Waals surface area contributed by atoms with Gasteiger partial charge in [0.25, 0.3) is 5.91 Å². The van der Waals surface area contributed by atoms with Gasteiger partial charge in [-0.05, 0) is 51.1 Å².